The summed E-state index contributed by atoms with van der Waals surface area (Å²) in [4.78, 5) is 0. The van der Waals surface area contributed by atoms with Gasteiger partial charge in [0, 0.05) is 16.5 Å². The summed E-state index contributed by atoms with van der Waals surface area (Å²) in [6.07, 6.45) is 9.16. The maximum absolute atomic E-state index is 2.40. The van der Waals surface area contributed by atoms with Crippen molar-refractivity contribution in [3.05, 3.63) is 126 Å². The van der Waals surface area contributed by atoms with E-state index in [4.69, 9.17) is 0 Å². The van der Waals surface area contributed by atoms with Crippen molar-refractivity contribution >= 4 is 21.8 Å². The zero-order valence-electron chi connectivity index (χ0n) is 18.9. The molecule has 0 N–H and O–H groups in total. The van der Waals surface area contributed by atoms with Crippen LogP contribution in [0.2, 0.25) is 0 Å². The Kier molecular flexibility index (Phi) is 4.96. The monoisotopic (exact) mass is 425 g/mol. The summed E-state index contributed by atoms with van der Waals surface area (Å²) in [6, 6.07) is 35.2. The standard InChI is InChI=1S/C32H27N/c1-23-12-14-24(15-13-23)20-25-16-18-31-29(21-25)30-22-27(26-8-4-2-5-9-26)17-19-32(30)33(31)28-10-6-3-7-11-28/h2-12,14-19,21-23H,13,20H2,1H3. The van der Waals surface area contributed by atoms with Crippen LogP contribution in [0.3, 0.4) is 0 Å². The van der Waals surface area contributed by atoms with E-state index in [2.05, 4.69) is 127 Å². The molecule has 33 heavy (non-hydrogen) atoms. The van der Waals surface area contributed by atoms with E-state index in [1.807, 2.05) is 0 Å². The molecule has 1 nitrogen and oxygen atoms in total. The van der Waals surface area contributed by atoms with Crippen LogP contribution in [-0.2, 0) is 6.42 Å². The second kappa shape index (κ2) is 8.26. The van der Waals surface area contributed by atoms with Crippen LogP contribution >= 0.6 is 0 Å². The first-order valence-electron chi connectivity index (χ1n) is 11.8. The second-order valence-corrected chi connectivity index (χ2v) is 9.15. The first-order valence-corrected chi connectivity index (χ1v) is 11.8. The smallest absolute Gasteiger partial charge is 0.0541 e. The van der Waals surface area contributed by atoms with Gasteiger partial charge in [0.1, 0.15) is 0 Å². The van der Waals surface area contributed by atoms with Gasteiger partial charge in [-0.15, -0.1) is 0 Å². The lowest BCUT2D eigenvalue weighted by molar-refractivity contribution is 0.728. The first-order chi connectivity index (χ1) is 16.3. The molecule has 1 aromatic heterocycles. The van der Waals surface area contributed by atoms with E-state index in [9.17, 15) is 0 Å². The minimum Gasteiger partial charge on any atom is -0.309 e. The summed E-state index contributed by atoms with van der Waals surface area (Å²) in [6.45, 7) is 2.28. The molecule has 0 fully saturated rings. The van der Waals surface area contributed by atoms with Gasteiger partial charge < -0.3 is 4.57 Å². The molecule has 160 valence electrons. The number of benzene rings is 4. The Bertz CT molecular complexity index is 1500. The van der Waals surface area contributed by atoms with Crippen molar-refractivity contribution in [3.8, 4) is 16.8 Å². The molecule has 1 atom stereocenters. The fourth-order valence-corrected chi connectivity index (χ4v) is 4.98. The molecule has 5 aromatic rings. The van der Waals surface area contributed by atoms with Crippen LogP contribution in [0.15, 0.2) is 121 Å². The molecule has 1 heterocycles. The van der Waals surface area contributed by atoms with Crippen molar-refractivity contribution in [1.29, 1.82) is 0 Å². The fourth-order valence-electron chi connectivity index (χ4n) is 4.98. The van der Waals surface area contributed by atoms with E-state index in [-0.39, 0.29) is 0 Å². The Hall–Kier alpha value is -3.84. The van der Waals surface area contributed by atoms with Crippen molar-refractivity contribution < 1.29 is 0 Å². The van der Waals surface area contributed by atoms with Crippen LogP contribution in [0, 0.1) is 5.92 Å². The van der Waals surface area contributed by atoms with E-state index < -0.39 is 0 Å². The first kappa shape index (κ1) is 19.8. The number of allylic oxidation sites excluding steroid dienone is 4. The molecular formula is C32H27N. The molecule has 0 radical (unpaired) electrons. The second-order valence-electron chi connectivity index (χ2n) is 9.15. The van der Waals surface area contributed by atoms with Crippen molar-refractivity contribution in [2.45, 2.75) is 19.8 Å². The zero-order chi connectivity index (χ0) is 22.2. The number of hydrogen-bond acceptors (Lipinski definition) is 0. The summed E-state index contributed by atoms with van der Waals surface area (Å²) in [5.74, 6) is 0.650. The fraction of sp³-hybridized carbons (Fsp3) is 0.125. The highest BCUT2D eigenvalue weighted by atomic mass is 15.0. The summed E-state index contributed by atoms with van der Waals surface area (Å²) in [7, 11) is 0. The molecule has 0 saturated carbocycles. The average Bonchev–Trinajstić information content (AvgIpc) is 3.19. The minimum absolute atomic E-state index is 0.650. The largest absolute Gasteiger partial charge is 0.309 e. The topological polar surface area (TPSA) is 4.93 Å². The van der Waals surface area contributed by atoms with Crippen LogP contribution in [0.4, 0.5) is 0 Å². The zero-order valence-corrected chi connectivity index (χ0v) is 18.9. The molecule has 1 unspecified atom stereocenters. The Labute approximate surface area is 195 Å². The van der Waals surface area contributed by atoms with Gasteiger partial charge in [0.25, 0.3) is 0 Å². The highest BCUT2D eigenvalue weighted by Crippen LogP contribution is 2.36. The van der Waals surface area contributed by atoms with Crippen molar-refractivity contribution in [3.63, 3.8) is 0 Å². The lowest BCUT2D eigenvalue weighted by Crippen LogP contribution is -1.97. The van der Waals surface area contributed by atoms with E-state index in [0.717, 1.165) is 12.8 Å². The van der Waals surface area contributed by atoms with Gasteiger partial charge in [-0.25, -0.2) is 0 Å². The van der Waals surface area contributed by atoms with Crippen LogP contribution in [0.5, 0.6) is 0 Å². The predicted molar refractivity (Wildman–Crippen MR) is 141 cm³/mol. The highest BCUT2D eigenvalue weighted by Gasteiger charge is 2.14. The van der Waals surface area contributed by atoms with Crippen molar-refractivity contribution in [2.75, 3.05) is 0 Å². The molecule has 0 spiro atoms. The Morgan fingerprint density at radius 1 is 0.727 bits per heavy atom. The number of aromatic nitrogens is 1. The molecule has 1 heteroatoms. The molecule has 4 aromatic carbocycles. The van der Waals surface area contributed by atoms with Gasteiger partial charge in [-0.05, 0) is 77.4 Å². The molecule has 0 aliphatic heterocycles. The molecule has 6 rings (SSSR count). The van der Waals surface area contributed by atoms with Crippen molar-refractivity contribution in [1.82, 2.24) is 4.57 Å². The van der Waals surface area contributed by atoms with Crippen LogP contribution in [0.25, 0.3) is 38.6 Å². The summed E-state index contributed by atoms with van der Waals surface area (Å²) >= 11 is 0. The maximum Gasteiger partial charge on any atom is 0.0541 e. The number of hydrogen-bond donors (Lipinski definition) is 0. The van der Waals surface area contributed by atoms with E-state index in [1.54, 1.807) is 0 Å². The van der Waals surface area contributed by atoms with Gasteiger partial charge in [-0.1, -0.05) is 85.8 Å². The quantitative estimate of drug-likeness (QED) is 0.272. The normalized spacial score (nSPS) is 15.8. The average molecular weight is 426 g/mol. The summed E-state index contributed by atoms with van der Waals surface area (Å²) < 4.78 is 2.39. The van der Waals surface area contributed by atoms with Crippen molar-refractivity contribution in [2.24, 2.45) is 5.92 Å². The van der Waals surface area contributed by atoms with E-state index in [1.165, 1.54) is 49.8 Å². The van der Waals surface area contributed by atoms with Crippen LogP contribution in [0.1, 0.15) is 18.9 Å². The Morgan fingerprint density at radius 2 is 1.42 bits per heavy atom. The lowest BCUT2D eigenvalue weighted by atomic mass is 9.94. The Balaban J connectivity index is 1.54. The third kappa shape index (κ3) is 3.70. The van der Waals surface area contributed by atoms with Gasteiger partial charge in [0.2, 0.25) is 0 Å². The SMILES string of the molecule is CC1C=CC(Cc2ccc3c(c2)c2cc(-c4ccccc4)ccc2n3-c2ccccc2)=CC1. The van der Waals surface area contributed by atoms with Gasteiger partial charge in [-0.3, -0.25) is 0 Å². The van der Waals surface area contributed by atoms with Gasteiger partial charge in [0.15, 0.2) is 0 Å². The minimum atomic E-state index is 0.650. The maximum atomic E-state index is 2.40. The summed E-state index contributed by atoms with van der Waals surface area (Å²) in [5.41, 5.74) is 9.00. The molecule has 1 aliphatic rings. The number of fused-ring (bicyclic) bond motifs is 3. The van der Waals surface area contributed by atoms with Crippen LogP contribution in [-0.4, -0.2) is 4.57 Å². The van der Waals surface area contributed by atoms with E-state index in [0.29, 0.717) is 5.92 Å². The third-order valence-corrected chi connectivity index (χ3v) is 6.75. The molecule has 1 aliphatic carbocycles. The highest BCUT2D eigenvalue weighted by molar-refractivity contribution is 6.10. The predicted octanol–water partition coefficient (Wildman–Crippen LogP) is 8.52. The summed E-state index contributed by atoms with van der Waals surface area (Å²) in [5, 5.41) is 2.62. The Morgan fingerprint density at radius 3 is 2.15 bits per heavy atom. The molecule has 0 amide bonds. The van der Waals surface area contributed by atoms with Crippen LogP contribution < -0.4 is 0 Å². The number of para-hydroxylation sites is 1. The van der Waals surface area contributed by atoms with Gasteiger partial charge in [0.05, 0.1) is 11.0 Å². The molecule has 0 saturated heterocycles. The van der Waals surface area contributed by atoms with E-state index >= 15 is 0 Å². The van der Waals surface area contributed by atoms with Gasteiger partial charge >= 0.3 is 0 Å². The third-order valence-electron chi connectivity index (χ3n) is 6.75. The lowest BCUT2D eigenvalue weighted by Gasteiger charge is -2.12. The molecular weight excluding hydrogens is 398 g/mol. The van der Waals surface area contributed by atoms with Gasteiger partial charge in [-0.2, -0.15) is 0 Å². The number of rotatable bonds is 4. The number of nitrogens with zero attached hydrogens (tertiary/aromatic N) is 1. The molecule has 0 bridgehead atoms.